The van der Waals surface area contributed by atoms with Crippen LogP contribution in [0.25, 0.3) is 22.3 Å². The van der Waals surface area contributed by atoms with Crippen molar-refractivity contribution in [2.75, 3.05) is 16.9 Å². The van der Waals surface area contributed by atoms with Crippen molar-refractivity contribution in [2.24, 2.45) is 0 Å². The van der Waals surface area contributed by atoms with E-state index in [9.17, 15) is 4.79 Å². The molecule has 0 bridgehead atoms. The molecule has 0 fully saturated rings. The third-order valence-electron chi connectivity index (χ3n) is 9.86. The van der Waals surface area contributed by atoms with Gasteiger partial charge in [-0.1, -0.05) is 103 Å². The first kappa shape index (κ1) is 28.9. The molecule has 0 N–H and O–H groups in total. The van der Waals surface area contributed by atoms with Crippen LogP contribution < -0.4 is 30.9 Å². The minimum atomic E-state index is 0.0975. The molecule has 0 saturated heterocycles. The van der Waals surface area contributed by atoms with Crippen molar-refractivity contribution in [3.63, 3.8) is 0 Å². The van der Waals surface area contributed by atoms with E-state index < -0.39 is 0 Å². The Morgan fingerprint density at radius 1 is 0.469 bits per heavy atom. The molecule has 9 rings (SSSR count). The number of rotatable bonds is 6. The van der Waals surface area contributed by atoms with Gasteiger partial charge < -0.3 is 14.5 Å². The summed E-state index contributed by atoms with van der Waals surface area (Å²) in [5.74, 6) is 0.852. The van der Waals surface area contributed by atoms with Gasteiger partial charge in [-0.2, -0.15) is 0 Å². The van der Waals surface area contributed by atoms with Gasteiger partial charge in [0.2, 0.25) is 0 Å². The summed E-state index contributed by atoms with van der Waals surface area (Å²) in [6.45, 7) is 0.0975. The number of fused-ring (bicyclic) bond motifs is 4. The molecular formula is C44H31BN2O2. The Balaban J connectivity index is 1.17. The lowest BCUT2D eigenvalue weighted by Crippen LogP contribution is -2.61. The van der Waals surface area contributed by atoms with Crippen LogP contribution >= 0.6 is 0 Å². The van der Waals surface area contributed by atoms with Crippen molar-refractivity contribution in [2.45, 2.75) is 0 Å². The molecular weight excluding hydrogens is 599 g/mol. The number of carbonyl (C=O) groups excluding carboxylic acids is 1. The molecule has 2 aliphatic heterocycles. The molecule has 0 saturated carbocycles. The number of para-hydroxylation sites is 2. The zero-order valence-electron chi connectivity index (χ0n) is 27.0. The minimum Gasteiger partial charge on any atom is -0.497 e. The van der Waals surface area contributed by atoms with Crippen LogP contribution in [0.4, 0.5) is 34.1 Å². The number of anilines is 6. The summed E-state index contributed by atoms with van der Waals surface area (Å²) < 4.78 is 5.37. The highest BCUT2D eigenvalue weighted by molar-refractivity contribution is 7.00. The fourth-order valence-electron chi connectivity index (χ4n) is 7.54. The number of benzene rings is 7. The van der Waals surface area contributed by atoms with Gasteiger partial charge in [-0.05, 0) is 99.3 Å². The molecule has 2 heterocycles. The summed E-state index contributed by atoms with van der Waals surface area (Å²) in [5, 5.41) is 0. The first-order valence-electron chi connectivity index (χ1n) is 16.5. The summed E-state index contributed by atoms with van der Waals surface area (Å²) >= 11 is 0. The summed E-state index contributed by atoms with van der Waals surface area (Å²) in [6.07, 6.45) is 0.881. The van der Waals surface area contributed by atoms with E-state index in [-0.39, 0.29) is 6.71 Å². The molecule has 0 radical (unpaired) electrons. The second-order valence-corrected chi connectivity index (χ2v) is 12.5. The highest BCUT2D eigenvalue weighted by Gasteiger charge is 2.42. The number of hydrogen-bond donors (Lipinski definition) is 0. The molecule has 0 aliphatic carbocycles. The molecule has 0 atom stereocenters. The molecule has 0 aromatic heterocycles. The van der Waals surface area contributed by atoms with Gasteiger partial charge >= 0.3 is 0 Å². The van der Waals surface area contributed by atoms with Gasteiger partial charge in [-0.15, -0.1) is 0 Å². The second kappa shape index (κ2) is 11.7. The summed E-state index contributed by atoms with van der Waals surface area (Å²) in [4.78, 5) is 16.0. The van der Waals surface area contributed by atoms with Gasteiger partial charge in [-0.25, -0.2) is 0 Å². The van der Waals surface area contributed by atoms with Gasteiger partial charge in [0.25, 0.3) is 6.71 Å². The predicted octanol–water partition coefficient (Wildman–Crippen LogP) is 8.92. The molecule has 0 spiro atoms. The number of carbonyl (C=O) groups is 1. The van der Waals surface area contributed by atoms with E-state index in [1.807, 2.05) is 36.4 Å². The van der Waals surface area contributed by atoms with Crippen LogP contribution in [0.1, 0.15) is 10.4 Å². The third-order valence-corrected chi connectivity index (χ3v) is 9.86. The van der Waals surface area contributed by atoms with Crippen molar-refractivity contribution < 1.29 is 9.53 Å². The zero-order chi connectivity index (χ0) is 32.9. The van der Waals surface area contributed by atoms with E-state index in [1.54, 1.807) is 7.11 Å². The topological polar surface area (TPSA) is 32.8 Å². The van der Waals surface area contributed by atoms with Gasteiger partial charge in [0.05, 0.1) is 7.11 Å². The molecule has 4 nitrogen and oxygen atoms in total. The summed E-state index contributed by atoms with van der Waals surface area (Å²) in [6, 6.07) is 57.9. The van der Waals surface area contributed by atoms with E-state index in [1.165, 1.54) is 39.1 Å². The Bertz CT molecular complexity index is 2330. The summed E-state index contributed by atoms with van der Waals surface area (Å²) in [5.41, 5.74) is 16.0. The monoisotopic (exact) mass is 630 g/mol. The van der Waals surface area contributed by atoms with Crippen LogP contribution in [0.3, 0.4) is 0 Å². The number of hydrogen-bond acceptors (Lipinski definition) is 4. The maximum Gasteiger partial charge on any atom is 0.252 e. The zero-order valence-corrected chi connectivity index (χ0v) is 27.0. The van der Waals surface area contributed by atoms with Crippen molar-refractivity contribution in [1.82, 2.24) is 0 Å². The molecule has 5 heteroatoms. The summed E-state index contributed by atoms with van der Waals surface area (Å²) in [7, 11) is 1.69. The van der Waals surface area contributed by atoms with Gasteiger partial charge in [0.15, 0.2) is 0 Å². The predicted molar refractivity (Wildman–Crippen MR) is 203 cm³/mol. The third kappa shape index (κ3) is 4.74. The smallest absolute Gasteiger partial charge is 0.252 e. The number of aldehydes is 1. The van der Waals surface area contributed by atoms with Crippen LogP contribution in [0.2, 0.25) is 0 Å². The van der Waals surface area contributed by atoms with Crippen molar-refractivity contribution in [3.05, 3.63) is 169 Å². The Hall–Kier alpha value is -6.33. The van der Waals surface area contributed by atoms with E-state index in [0.717, 1.165) is 45.7 Å². The van der Waals surface area contributed by atoms with Crippen LogP contribution in [-0.4, -0.2) is 20.1 Å². The maximum atomic E-state index is 11.2. The average molecular weight is 631 g/mol. The molecule has 232 valence electrons. The van der Waals surface area contributed by atoms with Gasteiger partial charge in [0, 0.05) is 39.7 Å². The van der Waals surface area contributed by atoms with E-state index in [2.05, 4.69) is 137 Å². The first-order chi connectivity index (χ1) is 24.2. The van der Waals surface area contributed by atoms with E-state index in [0.29, 0.717) is 5.56 Å². The lowest BCUT2D eigenvalue weighted by Gasteiger charge is -2.44. The SMILES string of the molecule is COc1ccc(-c2ccc(N3c4ccccc4B4c5ccccc5N(c5ccc(-c6ccc(C=O)cc6)cc5)c5cccc3c54)cc2)cc1. The van der Waals surface area contributed by atoms with Crippen LogP contribution in [0.15, 0.2) is 164 Å². The van der Waals surface area contributed by atoms with Crippen LogP contribution in [0.5, 0.6) is 5.75 Å². The van der Waals surface area contributed by atoms with E-state index >= 15 is 0 Å². The van der Waals surface area contributed by atoms with Gasteiger partial charge in [-0.3, -0.25) is 4.79 Å². The quantitative estimate of drug-likeness (QED) is 0.136. The fraction of sp³-hybridized carbons (Fsp3) is 0.0227. The molecule has 49 heavy (non-hydrogen) atoms. The Kier molecular flexibility index (Phi) is 6.91. The number of nitrogens with zero attached hydrogens (tertiary/aromatic N) is 2. The molecule has 7 aromatic carbocycles. The van der Waals surface area contributed by atoms with Crippen molar-refractivity contribution >= 4 is 63.5 Å². The lowest BCUT2D eigenvalue weighted by atomic mass is 9.33. The minimum absolute atomic E-state index is 0.0975. The average Bonchev–Trinajstić information content (AvgIpc) is 3.18. The molecule has 2 aliphatic rings. The largest absolute Gasteiger partial charge is 0.497 e. The molecule has 7 aromatic rings. The Morgan fingerprint density at radius 2 is 0.878 bits per heavy atom. The lowest BCUT2D eigenvalue weighted by molar-refractivity contribution is 0.112. The standard InChI is InChI=1S/C44H31BN2O2/c1-49-37-27-21-34(22-28-37)33-19-25-36(26-20-33)47-41-10-5-3-8-39(41)45-38-7-2-4-9-40(38)46(42-11-6-12-43(47)44(42)45)35-23-17-32(18-24-35)31-15-13-30(29-48)14-16-31/h2-29H,1H3. The van der Waals surface area contributed by atoms with Crippen molar-refractivity contribution in [3.8, 4) is 28.0 Å². The van der Waals surface area contributed by atoms with Crippen molar-refractivity contribution in [1.29, 1.82) is 0 Å². The maximum absolute atomic E-state index is 11.2. The first-order valence-corrected chi connectivity index (χ1v) is 16.5. The van der Waals surface area contributed by atoms with E-state index in [4.69, 9.17) is 4.74 Å². The second-order valence-electron chi connectivity index (χ2n) is 12.5. The van der Waals surface area contributed by atoms with Crippen LogP contribution in [-0.2, 0) is 0 Å². The Labute approximate surface area is 286 Å². The van der Waals surface area contributed by atoms with Gasteiger partial charge in [0.1, 0.15) is 12.0 Å². The number of methoxy groups -OCH3 is 1. The van der Waals surface area contributed by atoms with Crippen LogP contribution in [0, 0.1) is 0 Å². The number of ether oxygens (including phenoxy) is 1. The highest BCUT2D eigenvalue weighted by atomic mass is 16.5. The normalized spacial score (nSPS) is 12.6. The molecule has 0 amide bonds. The fourth-order valence-corrected chi connectivity index (χ4v) is 7.54. The molecule has 0 unspecified atom stereocenters. The Morgan fingerprint density at radius 3 is 1.33 bits per heavy atom. The highest BCUT2D eigenvalue weighted by Crippen LogP contribution is 2.44.